The highest BCUT2D eigenvalue weighted by Crippen LogP contribution is 2.36. The third-order valence-corrected chi connectivity index (χ3v) is 3.97. The quantitative estimate of drug-likeness (QED) is 0.870. The first-order valence-electron chi connectivity index (χ1n) is 7.05. The van der Waals surface area contributed by atoms with Crippen LogP contribution < -0.4 is 10.6 Å². The molecule has 1 aromatic rings. The van der Waals surface area contributed by atoms with Crippen molar-refractivity contribution in [1.29, 1.82) is 0 Å². The van der Waals surface area contributed by atoms with E-state index in [4.69, 9.17) is 4.74 Å². The average molecular weight is 278 g/mol. The molecule has 4 nitrogen and oxygen atoms in total. The number of halogens is 1. The number of hydrogen-bond acceptors (Lipinski definition) is 3. The standard InChI is InChI=1S/C15H19FN2O2/c1-20-8-14(9-2-3-9)17-13-7-12-10(6-11(13)16)4-5-15(19)18-12/h6-7,9,14,17H,2-5,8H2,1H3,(H,18,19). The second kappa shape index (κ2) is 5.40. The Labute approximate surface area is 117 Å². The van der Waals surface area contributed by atoms with Crippen LogP contribution in [0, 0.1) is 11.7 Å². The van der Waals surface area contributed by atoms with Gasteiger partial charge in [0.05, 0.1) is 18.3 Å². The summed E-state index contributed by atoms with van der Waals surface area (Å²) in [6, 6.07) is 3.35. The predicted octanol–water partition coefficient (Wildman–Crippen LogP) is 2.55. The van der Waals surface area contributed by atoms with Crippen molar-refractivity contribution >= 4 is 17.3 Å². The molecule has 1 unspecified atom stereocenters. The summed E-state index contributed by atoms with van der Waals surface area (Å²) in [6.07, 6.45) is 3.34. The molecule has 0 spiro atoms. The lowest BCUT2D eigenvalue weighted by Crippen LogP contribution is -2.28. The molecular formula is C15H19FN2O2. The summed E-state index contributed by atoms with van der Waals surface area (Å²) in [4.78, 5) is 11.4. The molecule has 1 amide bonds. The highest BCUT2D eigenvalue weighted by molar-refractivity contribution is 5.94. The fraction of sp³-hybridized carbons (Fsp3) is 0.533. The highest BCUT2D eigenvalue weighted by atomic mass is 19.1. The summed E-state index contributed by atoms with van der Waals surface area (Å²) >= 11 is 0. The van der Waals surface area contributed by atoms with E-state index < -0.39 is 0 Å². The summed E-state index contributed by atoms with van der Waals surface area (Å²) in [5, 5.41) is 6.02. The van der Waals surface area contributed by atoms with Gasteiger partial charge in [-0.1, -0.05) is 0 Å². The van der Waals surface area contributed by atoms with Gasteiger partial charge in [0, 0.05) is 19.2 Å². The third-order valence-electron chi connectivity index (χ3n) is 3.97. The number of anilines is 2. The van der Waals surface area contributed by atoms with Crippen LogP contribution in [0.4, 0.5) is 15.8 Å². The van der Waals surface area contributed by atoms with Crippen molar-refractivity contribution in [3.63, 3.8) is 0 Å². The normalized spacial score (nSPS) is 19.2. The summed E-state index contributed by atoms with van der Waals surface area (Å²) < 4.78 is 19.3. The highest BCUT2D eigenvalue weighted by Gasteiger charge is 2.32. The molecule has 108 valence electrons. The average Bonchev–Trinajstić information content (AvgIpc) is 3.24. The van der Waals surface area contributed by atoms with Crippen molar-refractivity contribution in [3.05, 3.63) is 23.5 Å². The number of methoxy groups -OCH3 is 1. The number of carbonyl (C=O) groups excluding carboxylic acids is 1. The van der Waals surface area contributed by atoms with E-state index in [-0.39, 0.29) is 17.8 Å². The number of nitrogens with one attached hydrogen (secondary N) is 2. The molecule has 1 fully saturated rings. The number of carbonyl (C=O) groups is 1. The first kappa shape index (κ1) is 13.4. The van der Waals surface area contributed by atoms with Crippen molar-refractivity contribution < 1.29 is 13.9 Å². The van der Waals surface area contributed by atoms with Gasteiger partial charge in [0.1, 0.15) is 5.82 Å². The molecule has 0 aromatic heterocycles. The number of hydrogen-bond donors (Lipinski definition) is 2. The van der Waals surface area contributed by atoms with E-state index >= 15 is 0 Å². The Morgan fingerprint density at radius 3 is 2.95 bits per heavy atom. The predicted molar refractivity (Wildman–Crippen MR) is 75.4 cm³/mol. The minimum atomic E-state index is -0.262. The molecular weight excluding hydrogens is 259 g/mol. The van der Waals surface area contributed by atoms with Crippen molar-refractivity contribution in [2.24, 2.45) is 5.92 Å². The van der Waals surface area contributed by atoms with Gasteiger partial charge in [-0.05, 0) is 42.9 Å². The van der Waals surface area contributed by atoms with E-state index in [0.29, 0.717) is 31.1 Å². The van der Waals surface area contributed by atoms with Gasteiger partial charge in [-0.15, -0.1) is 0 Å². The Morgan fingerprint density at radius 1 is 1.45 bits per heavy atom. The van der Waals surface area contributed by atoms with Crippen molar-refractivity contribution in [2.75, 3.05) is 24.4 Å². The van der Waals surface area contributed by atoms with Crippen molar-refractivity contribution in [2.45, 2.75) is 31.7 Å². The first-order valence-corrected chi connectivity index (χ1v) is 7.05. The van der Waals surface area contributed by atoms with Crippen LogP contribution in [-0.2, 0) is 16.0 Å². The molecule has 1 atom stereocenters. The zero-order valence-corrected chi connectivity index (χ0v) is 11.5. The van der Waals surface area contributed by atoms with Crippen LogP contribution in [0.5, 0.6) is 0 Å². The SMILES string of the molecule is COCC(Nc1cc2c(cc1F)CCC(=O)N2)C1CC1. The maximum Gasteiger partial charge on any atom is 0.224 e. The van der Waals surface area contributed by atoms with Crippen LogP contribution in [0.2, 0.25) is 0 Å². The number of ether oxygens (including phenoxy) is 1. The number of benzene rings is 1. The van der Waals surface area contributed by atoms with Gasteiger partial charge in [-0.25, -0.2) is 4.39 Å². The summed E-state index contributed by atoms with van der Waals surface area (Å²) in [5.74, 6) is 0.285. The largest absolute Gasteiger partial charge is 0.383 e. The zero-order chi connectivity index (χ0) is 14.1. The molecule has 5 heteroatoms. The van der Waals surface area contributed by atoms with E-state index in [1.165, 1.54) is 6.07 Å². The fourth-order valence-corrected chi connectivity index (χ4v) is 2.68. The molecule has 1 heterocycles. The van der Waals surface area contributed by atoms with E-state index in [9.17, 15) is 9.18 Å². The third kappa shape index (κ3) is 2.77. The molecule has 0 saturated heterocycles. The van der Waals surface area contributed by atoms with Crippen LogP contribution in [0.15, 0.2) is 12.1 Å². The van der Waals surface area contributed by atoms with Gasteiger partial charge in [0.25, 0.3) is 0 Å². The lowest BCUT2D eigenvalue weighted by Gasteiger charge is -2.22. The number of aryl methyl sites for hydroxylation is 1. The summed E-state index contributed by atoms with van der Waals surface area (Å²) in [5.41, 5.74) is 2.03. The Balaban J connectivity index is 1.81. The maximum atomic E-state index is 14.1. The fourth-order valence-electron chi connectivity index (χ4n) is 2.68. The second-order valence-electron chi connectivity index (χ2n) is 5.58. The molecule has 1 saturated carbocycles. The lowest BCUT2D eigenvalue weighted by atomic mass is 10.0. The van der Waals surface area contributed by atoms with Crippen LogP contribution >= 0.6 is 0 Å². The van der Waals surface area contributed by atoms with E-state index in [1.54, 1.807) is 13.2 Å². The van der Waals surface area contributed by atoms with Crippen LogP contribution in [0.1, 0.15) is 24.8 Å². The Bertz CT molecular complexity index is 529. The number of amides is 1. The minimum absolute atomic E-state index is 0.00862. The van der Waals surface area contributed by atoms with E-state index in [2.05, 4.69) is 10.6 Å². The molecule has 0 bridgehead atoms. The molecule has 0 radical (unpaired) electrons. The first-order chi connectivity index (χ1) is 9.67. The Morgan fingerprint density at radius 2 is 2.25 bits per heavy atom. The van der Waals surface area contributed by atoms with Gasteiger partial charge >= 0.3 is 0 Å². The lowest BCUT2D eigenvalue weighted by molar-refractivity contribution is -0.116. The molecule has 2 N–H and O–H groups in total. The second-order valence-corrected chi connectivity index (χ2v) is 5.58. The Hall–Kier alpha value is -1.62. The zero-order valence-electron chi connectivity index (χ0n) is 11.5. The molecule has 2 aliphatic rings. The topological polar surface area (TPSA) is 50.4 Å². The van der Waals surface area contributed by atoms with Gasteiger partial charge in [0.2, 0.25) is 5.91 Å². The Kier molecular flexibility index (Phi) is 3.61. The maximum absolute atomic E-state index is 14.1. The smallest absolute Gasteiger partial charge is 0.224 e. The van der Waals surface area contributed by atoms with Gasteiger partial charge in [-0.3, -0.25) is 4.79 Å². The van der Waals surface area contributed by atoms with E-state index in [1.807, 2.05) is 0 Å². The molecule has 1 aromatic carbocycles. The molecule has 1 aliphatic heterocycles. The molecule has 20 heavy (non-hydrogen) atoms. The van der Waals surface area contributed by atoms with Crippen molar-refractivity contribution in [3.8, 4) is 0 Å². The number of fused-ring (bicyclic) bond motifs is 1. The summed E-state index contributed by atoms with van der Waals surface area (Å²) in [6.45, 7) is 0.563. The molecule has 3 rings (SSSR count). The van der Waals surface area contributed by atoms with Gasteiger partial charge in [-0.2, -0.15) is 0 Å². The van der Waals surface area contributed by atoms with E-state index in [0.717, 1.165) is 24.1 Å². The van der Waals surface area contributed by atoms with Crippen LogP contribution in [0.25, 0.3) is 0 Å². The summed E-state index contributed by atoms with van der Waals surface area (Å²) in [7, 11) is 1.65. The monoisotopic (exact) mass is 278 g/mol. The van der Waals surface area contributed by atoms with Crippen molar-refractivity contribution in [1.82, 2.24) is 0 Å². The minimum Gasteiger partial charge on any atom is -0.383 e. The van der Waals surface area contributed by atoms with Crippen LogP contribution in [-0.4, -0.2) is 25.7 Å². The van der Waals surface area contributed by atoms with Crippen LogP contribution in [0.3, 0.4) is 0 Å². The molecule has 1 aliphatic carbocycles. The van der Waals surface area contributed by atoms with Gasteiger partial charge < -0.3 is 15.4 Å². The number of rotatable bonds is 5. The van der Waals surface area contributed by atoms with Gasteiger partial charge in [0.15, 0.2) is 0 Å².